The lowest BCUT2D eigenvalue weighted by Crippen LogP contribution is -2.52. The van der Waals surface area contributed by atoms with E-state index in [2.05, 4.69) is 15.1 Å². The van der Waals surface area contributed by atoms with Gasteiger partial charge in [0.15, 0.2) is 0 Å². The predicted octanol–water partition coefficient (Wildman–Crippen LogP) is 3.59. The molecule has 1 fully saturated rings. The Morgan fingerprint density at radius 3 is 2.79 bits per heavy atom. The number of nitrogen functional groups attached to an aromatic ring is 1. The highest BCUT2D eigenvalue weighted by Crippen LogP contribution is 2.29. The largest absolute Gasteiger partial charge is 0.492 e. The molecule has 1 aromatic carbocycles. The lowest BCUT2D eigenvalue weighted by molar-refractivity contribution is -0.160. The zero-order chi connectivity index (χ0) is 27.2. The fourth-order valence-corrected chi connectivity index (χ4v) is 4.32. The summed E-state index contributed by atoms with van der Waals surface area (Å²) in [7, 11) is 0. The first kappa shape index (κ1) is 27.7. The number of carbonyl (C=O) groups excluding carboxylic acids is 1. The van der Waals surface area contributed by atoms with Crippen LogP contribution in [-0.2, 0) is 20.7 Å². The second-order valence-electron chi connectivity index (χ2n) is 8.94. The molecule has 0 aliphatic carbocycles. The number of hydrogen-bond donors (Lipinski definition) is 1. The van der Waals surface area contributed by atoms with Crippen LogP contribution < -0.4 is 10.5 Å². The van der Waals surface area contributed by atoms with E-state index in [1.54, 1.807) is 19.9 Å². The van der Waals surface area contributed by atoms with Gasteiger partial charge in [-0.05, 0) is 25.5 Å². The van der Waals surface area contributed by atoms with Crippen LogP contribution in [0, 0.1) is 0 Å². The van der Waals surface area contributed by atoms with Crippen molar-refractivity contribution >= 4 is 23.5 Å². The average Bonchev–Trinajstić information content (AvgIpc) is 3.29. The smallest absolute Gasteiger partial charge is 0.333 e. The predicted molar refractivity (Wildman–Crippen MR) is 136 cm³/mol. The van der Waals surface area contributed by atoms with Crippen molar-refractivity contribution in [2.24, 2.45) is 0 Å². The van der Waals surface area contributed by atoms with Gasteiger partial charge in [0, 0.05) is 37.3 Å². The Hall–Kier alpha value is -3.35. The van der Waals surface area contributed by atoms with Gasteiger partial charge in [0.25, 0.3) is 0 Å². The molecule has 2 aromatic heterocycles. The summed E-state index contributed by atoms with van der Waals surface area (Å²) in [6.45, 7) is 2.88. The van der Waals surface area contributed by atoms with Crippen LogP contribution in [0.2, 0.25) is 5.15 Å². The molecule has 10 nitrogen and oxygen atoms in total. The molecule has 4 rings (SSSR count). The highest BCUT2D eigenvalue weighted by molar-refractivity contribution is 6.29. The average molecular weight is 551 g/mol. The molecule has 0 radical (unpaired) electrons. The maximum Gasteiger partial charge on any atom is 0.333 e. The number of alkyl halides is 2. The highest BCUT2D eigenvalue weighted by Gasteiger charge is 2.31. The van der Waals surface area contributed by atoms with Crippen LogP contribution in [0.5, 0.6) is 5.75 Å². The molecule has 0 bridgehead atoms. The standard InChI is InChI=1S/C25H29ClF2N6O4/c1-15(2)38-23(35)19-14-36-9-7-33(19)8-10-37-20-6-4-3-5-16(20)11-17-13-34(24(27)28)32-22(17)18-12-21(26)31-25(29)30-18/h3-6,12-13,15,19,24H,7-11,14H2,1-2H3,(H2,29,30,31)/t19-/m1/s1. The molecule has 3 aromatic rings. The summed E-state index contributed by atoms with van der Waals surface area (Å²) in [6.07, 6.45) is 1.28. The second-order valence-corrected chi connectivity index (χ2v) is 9.33. The Balaban J connectivity index is 1.50. The number of carbonyl (C=O) groups is 1. The number of halogens is 3. The minimum atomic E-state index is -2.84. The molecule has 0 spiro atoms. The minimum Gasteiger partial charge on any atom is -0.492 e. The Labute approximate surface area is 223 Å². The van der Waals surface area contributed by atoms with Gasteiger partial charge in [-0.1, -0.05) is 29.8 Å². The van der Waals surface area contributed by atoms with Gasteiger partial charge in [-0.2, -0.15) is 13.9 Å². The summed E-state index contributed by atoms with van der Waals surface area (Å²) in [4.78, 5) is 22.4. The van der Waals surface area contributed by atoms with Crippen LogP contribution >= 0.6 is 11.6 Å². The summed E-state index contributed by atoms with van der Waals surface area (Å²) in [6, 6.07) is 8.22. The van der Waals surface area contributed by atoms with Crippen LogP contribution in [0.3, 0.4) is 0 Å². The Morgan fingerprint density at radius 2 is 2.05 bits per heavy atom. The van der Waals surface area contributed by atoms with Crippen LogP contribution in [0.4, 0.5) is 14.7 Å². The third-order valence-electron chi connectivity index (χ3n) is 5.82. The van der Waals surface area contributed by atoms with Crippen molar-refractivity contribution in [2.45, 2.75) is 39.0 Å². The fraction of sp³-hybridized carbons (Fsp3) is 0.440. The summed E-state index contributed by atoms with van der Waals surface area (Å²) < 4.78 is 44.5. The van der Waals surface area contributed by atoms with Crippen molar-refractivity contribution < 1.29 is 27.8 Å². The van der Waals surface area contributed by atoms with E-state index in [0.717, 1.165) is 5.56 Å². The van der Waals surface area contributed by atoms with Crippen molar-refractivity contribution in [3.8, 4) is 17.1 Å². The summed E-state index contributed by atoms with van der Waals surface area (Å²) in [5.74, 6) is 0.166. The lowest BCUT2D eigenvalue weighted by atomic mass is 10.0. The van der Waals surface area contributed by atoms with Gasteiger partial charge in [0.2, 0.25) is 5.95 Å². The minimum absolute atomic E-state index is 0.0764. The number of aromatic nitrogens is 4. The van der Waals surface area contributed by atoms with Crippen molar-refractivity contribution in [1.82, 2.24) is 24.6 Å². The summed E-state index contributed by atoms with van der Waals surface area (Å²) in [5, 5.41) is 4.09. The Bertz CT molecular complexity index is 1240. The van der Waals surface area contributed by atoms with Gasteiger partial charge < -0.3 is 19.9 Å². The van der Waals surface area contributed by atoms with Crippen molar-refractivity contribution in [3.05, 3.63) is 52.8 Å². The Morgan fingerprint density at radius 1 is 1.26 bits per heavy atom. The number of hydrogen-bond acceptors (Lipinski definition) is 9. The van der Waals surface area contributed by atoms with E-state index < -0.39 is 12.6 Å². The van der Waals surface area contributed by atoms with Gasteiger partial charge in [-0.3, -0.25) is 9.69 Å². The summed E-state index contributed by atoms with van der Waals surface area (Å²) in [5.41, 5.74) is 7.41. The van der Waals surface area contributed by atoms with E-state index >= 15 is 0 Å². The fourth-order valence-electron chi connectivity index (χ4n) is 4.13. The number of para-hydroxylation sites is 1. The van der Waals surface area contributed by atoms with E-state index in [4.69, 9.17) is 31.5 Å². The molecule has 204 valence electrons. The molecule has 1 saturated heterocycles. The number of esters is 1. The Kier molecular flexibility index (Phi) is 9.08. The first-order valence-corrected chi connectivity index (χ1v) is 12.5. The molecule has 1 atom stereocenters. The van der Waals surface area contributed by atoms with Crippen molar-refractivity contribution in [2.75, 3.05) is 38.6 Å². The van der Waals surface area contributed by atoms with E-state index in [9.17, 15) is 13.6 Å². The molecular weight excluding hydrogens is 522 g/mol. The van der Waals surface area contributed by atoms with Gasteiger partial charge in [0.1, 0.15) is 29.2 Å². The monoisotopic (exact) mass is 550 g/mol. The molecule has 1 aliphatic rings. The quantitative estimate of drug-likeness (QED) is 0.298. The van der Waals surface area contributed by atoms with Crippen molar-refractivity contribution in [3.63, 3.8) is 0 Å². The number of nitrogens with two attached hydrogens (primary N) is 1. The van der Waals surface area contributed by atoms with Gasteiger partial charge in [-0.25, -0.2) is 14.6 Å². The molecule has 38 heavy (non-hydrogen) atoms. The third kappa shape index (κ3) is 6.94. The van der Waals surface area contributed by atoms with E-state index in [0.29, 0.717) is 42.3 Å². The van der Waals surface area contributed by atoms with Crippen LogP contribution in [0.25, 0.3) is 11.4 Å². The van der Waals surface area contributed by atoms with E-state index in [1.165, 1.54) is 12.3 Å². The molecule has 2 N–H and O–H groups in total. The van der Waals surface area contributed by atoms with Crippen LogP contribution in [0.15, 0.2) is 36.5 Å². The van der Waals surface area contributed by atoms with Gasteiger partial charge in [-0.15, -0.1) is 0 Å². The number of rotatable bonds is 10. The maximum atomic E-state index is 13.5. The number of ether oxygens (including phenoxy) is 3. The number of benzene rings is 1. The zero-order valence-electron chi connectivity index (χ0n) is 21.0. The first-order valence-electron chi connectivity index (χ1n) is 12.1. The molecule has 0 saturated carbocycles. The normalized spacial score (nSPS) is 16.2. The number of morpholine rings is 1. The molecule has 1 aliphatic heterocycles. The molecule has 0 amide bonds. The lowest BCUT2D eigenvalue weighted by Gasteiger charge is -2.34. The van der Waals surface area contributed by atoms with Gasteiger partial charge in [0.05, 0.1) is 25.0 Å². The highest BCUT2D eigenvalue weighted by atomic mass is 35.5. The molecule has 13 heteroatoms. The SMILES string of the molecule is CC(C)OC(=O)[C@H]1COCCN1CCOc1ccccc1Cc1cn(C(F)F)nc1-c1cc(Cl)nc(N)n1. The second kappa shape index (κ2) is 12.5. The molecular formula is C25H29ClF2N6O4. The van der Waals surface area contributed by atoms with E-state index in [-0.39, 0.29) is 47.6 Å². The van der Waals surface area contributed by atoms with Crippen LogP contribution in [-0.4, -0.2) is 75.7 Å². The van der Waals surface area contributed by atoms with Crippen molar-refractivity contribution in [1.29, 1.82) is 0 Å². The maximum absolute atomic E-state index is 13.5. The molecule has 0 unspecified atom stereocenters. The topological polar surface area (TPSA) is 118 Å². The van der Waals surface area contributed by atoms with Crippen LogP contribution in [0.1, 0.15) is 31.5 Å². The number of anilines is 1. The third-order valence-corrected chi connectivity index (χ3v) is 6.01. The summed E-state index contributed by atoms with van der Waals surface area (Å²) >= 11 is 6.01. The van der Waals surface area contributed by atoms with E-state index in [1.807, 2.05) is 23.1 Å². The zero-order valence-corrected chi connectivity index (χ0v) is 21.8. The first-order chi connectivity index (χ1) is 18.2. The molecule has 3 heterocycles. The number of nitrogens with zero attached hydrogens (tertiary/aromatic N) is 5. The van der Waals surface area contributed by atoms with Gasteiger partial charge >= 0.3 is 12.5 Å².